The molecule has 0 saturated carbocycles. The predicted octanol–water partition coefficient (Wildman–Crippen LogP) is 17.0. The van der Waals surface area contributed by atoms with Gasteiger partial charge in [-0.15, -0.1) is 0 Å². The molecule has 0 saturated heterocycles. The van der Waals surface area contributed by atoms with Gasteiger partial charge in [-0.2, -0.15) is 0 Å². The highest BCUT2D eigenvalue weighted by Gasteiger charge is 2.19. The molecule has 0 aliphatic rings. The Morgan fingerprint density at radius 1 is 0.317 bits per heavy atom. The van der Waals surface area contributed by atoms with Gasteiger partial charge >= 0.3 is 17.9 Å². The van der Waals surface area contributed by atoms with Gasteiger partial charge in [-0.1, -0.05) is 182 Å². The summed E-state index contributed by atoms with van der Waals surface area (Å²) in [6, 6.07) is 0. The van der Waals surface area contributed by atoms with Crippen molar-refractivity contribution in [3.05, 3.63) is 97.2 Å². The maximum Gasteiger partial charge on any atom is 0.306 e. The molecule has 0 aliphatic heterocycles. The van der Waals surface area contributed by atoms with E-state index in [0.717, 1.165) is 103 Å². The molecule has 6 nitrogen and oxygen atoms in total. The average Bonchev–Trinajstić information content (AvgIpc) is 3.28. The number of hydrogen-bond donors (Lipinski definition) is 0. The summed E-state index contributed by atoms with van der Waals surface area (Å²) >= 11 is 0. The summed E-state index contributed by atoms with van der Waals surface area (Å²) in [5.74, 6) is -0.994. The number of carbonyl (C=O) groups is 3. The van der Waals surface area contributed by atoms with Crippen molar-refractivity contribution < 1.29 is 28.6 Å². The van der Waals surface area contributed by atoms with Crippen LogP contribution in [0, 0.1) is 0 Å². The van der Waals surface area contributed by atoms with E-state index in [1.165, 1.54) is 77.0 Å². The van der Waals surface area contributed by atoms with Gasteiger partial charge in [0.25, 0.3) is 0 Å². The monoisotopic (exact) mass is 875 g/mol. The first-order valence-corrected chi connectivity index (χ1v) is 25.7. The largest absolute Gasteiger partial charge is 0.462 e. The number of hydrogen-bond acceptors (Lipinski definition) is 6. The summed E-state index contributed by atoms with van der Waals surface area (Å²) in [7, 11) is 0. The fraction of sp³-hybridized carbons (Fsp3) is 0.667. The first kappa shape index (κ1) is 59.3. The van der Waals surface area contributed by atoms with Crippen LogP contribution in [0.5, 0.6) is 0 Å². The molecule has 0 heterocycles. The van der Waals surface area contributed by atoms with Crippen molar-refractivity contribution in [1.82, 2.24) is 0 Å². The second-order valence-corrected chi connectivity index (χ2v) is 16.7. The molecule has 0 amide bonds. The summed E-state index contributed by atoms with van der Waals surface area (Å²) in [4.78, 5) is 37.9. The van der Waals surface area contributed by atoms with Crippen molar-refractivity contribution in [1.29, 1.82) is 0 Å². The maximum atomic E-state index is 12.8. The van der Waals surface area contributed by atoms with E-state index in [0.29, 0.717) is 19.3 Å². The first-order chi connectivity index (χ1) is 31.0. The Morgan fingerprint density at radius 3 is 1.00 bits per heavy atom. The summed E-state index contributed by atoms with van der Waals surface area (Å²) < 4.78 is 16.7. The highest BCUT2D eigenvalue weighted by atomic mass is 16.6. The molecule has 358 valence electrons. The van der Waals surface area contributed by atoms with Crippen LogP contribution in [0.3, 0.4) is 0 Å². The second kappa shape index (κ2) is 51.0. The smallest absolute Gasteiger partial charge is 0.306 e. The highest BCUT2D eigenvalue weighted by Crippen LogP contribution is 2.12. The minimum atomic E-state index is -0.814. The lowest BCUT2D eigenvalue weighted by atomic mass is 10.1. The highest BCUT2D eigenvalue weighted by molar-refractivity contribution is 5.71. The lowest BCUT2D eigenvalue weighted by molar-refractivity contribution is -0.167. The van der Waals surface area contributed by atoms with Gasteiger partial charge in [-0.05, 0) is 122 Å². The van der Waals surface area contributed by atoms with Crippen LogP contribution in [0.1, 0.15) is 226 Å². The van der Waals surface area contributed by atoms with E-state index in [9.17, 15) is 14.4 Å². The fourth-order valence-electron chi connectivity index (χ4n) is 6.59. The van der Waals surface area contributed by atoms with E-state index in [1.807, 2.05) is 0 Å². The van der Waals surface area contributed by atoms with Crippen molar-refractivity contribution in [3.8, 4) is 0 Å². The van der Waals surface area contributed by atoms with Gasteiger partial charge in [-0.3, -0.25) is 14.4 Å². The fourth-order valence-corrected chi connectivity index (χ4v) is 6.59. The lowest BCUT2D eigenvalue weighted by Crippen LogP contribution is -2.30. The molecule has 0 aromatic rings. The maximum absolute atomic E-state index is 12.8. The number of rotatable bonds is 45. The van der Waals surface area contributed by atoms with Gasteiger partial charge < -0.3 is 14.2 Å². The van der Waals surface area contributed by atoms with E-state index in [-0.39, 0.29) is 37.5 Å². The molecule has 0 N–H and O–H groups in total. The van der Waals surface area contributed by atoms with Gasteiger partial charge in [0.2, 0.25) is 0 Å². The molecule has 0 aliphatic carbocycles. The Bertz CT molecular complexity index is 1280. The van der Waals surface area contributed by atoms with Gasteiger partial charge in [0.05, 0.1) is 0 Å². The SMILES string of the molecule is CCCC/C=C\CCCCCCCC(=O)OC[C@@H](COC(=O)CCCCC/C=C\C/C=C\C/C=C\C/C=C\CCCCC)OC(=O)CCCC/C=C\C/C=C\C/C=C\CCCCC. The van der Waals surface area contributed by atoms with Gasteiger partial charge in [0.1, 0.15) is 13.2 Å². The molecule has 1 atom stereocenters. The van der Waals surface area contributed by atoms with Gasteiger partial charge in [0.15, 0.2) is 6.10 Å². The van der Waals surface area contributed by atoms with Crippen molar-refractivity contribution in [2.45, 2.75) is 232 Å². The number of esters is 3. The molecule has 0 rings (SSSR count). The zero-order valence-electron chi connectivity index (χ0n) is 40.8. The molecule has 0 bridgehead atoms. The Morgan fingerprint density at radius 2 is 0.587 bits per heavy atom. The predicted molar refractivity (Wildman–Crippen MR) is 270 cm³/mol. The van der Waals surface area contributed by atoms with Crippen LogP contribution in [0.15, 0.2) is 97.2 Å². The van der Waals surface area contributed by atoms with E-state index in [1.54, 1.807) is 0 Å². The summed E-state index contributed by atoms with van der Waals surface area (Å²) in [6.45, 7) is 6.46. The van der Waals surface area contributed by atoms with Gasteiger partial charge in [-0.25, -0.2) is 0 Å². The summed E-state index contributed by atoms with van der Waals surface area (Å²) in [5.41, 5.74) is 0. The molecule has 0 spiro atoms. The second-order valence-electron chi connectivity index (χ2n) is 16.7. The topological polar surface area (TPSA) is 78.9 Å². The standard InChI is InChI=1S/C57H94O6/c1-4-7-10-13-16-19-22-24-26-27-28-29-31-32-35-38-41-44-47-50-56(59)62-53-54(52-61-55(58)49-46-43-40-37-34-21-18-15-12-9-6-3)63-57(60)51-48-45-42-39-36-33-30-25-23-20-17-14-11-8-5-2/h15-20,24-26,28-30,32,35-36,39,54H,4-14,21-23,27,31,33-34,37-38,40-53H2,1-3H3/b18-15-,19-16-,20-17-,26-24-,29-28-,30-25-,35-32-,39-36-/t54-/m0/s1. The minimum Gasteiger partial charge on any atom is -0.462 e. The van der Waals surface area contributed by atoms with Crippen LogP contribution in [0.25, 0.3) is 0 Å². The van der Waals surface area contributed by atoms with Crippen LogP contribution in [-0.2, 0) is 28.6 Å². The minimum absolute atomic E-state index is 0.109. The molecule has 0 radical (unpaired) electrons. The number of ether oxygens (including phenoxy) is 3. The molecule has 0 aromatic heterocycles. The zero-order valence-corrected chi connectivity index (χ0v) is 40.8. The quantitative estimate of drug-likeness (QED) is 0.0262. The summed E-state index contributed by atoms with van der Waals surface area (Å²) in [5, 5.41) is 0. The van der Waals surface area contributed by atoms with Crippen molar-refractivity contribution in [3.63, 3.8) is 0 Å². The van der Waals surface area contributed by atoms with Gasteiger partial charge in [0, 0.05) is 19.3 Å². The molecular weight excluding hydrogens is 781 g/mol. The average molecular weight is 875 g/mol. The molecule has 63 heavy (non-hydrogen) atoms. The Balaban J connectivity index is 4.50. The third kappa shape index (κ3) is 49.2. The number of carbonyl (C=O) groups excluding carboxylic acids is 3. The van der Waals surface area contributed by atoms with Crippen molar-refractivity contribution in [2.24, 2.45) is 0 Å². The van der Waals surface area contributed by atoms with E-state index >= 15 is 0 Å². The Labute approximate surface area is 387 Å². The third-order valence-electron chi connectivity index (χ3n) is 10.5. The molecule has 6 heteroatoms. The number of unbranched alkanes of at least 4 members (excludes halogenated alkanes) is 18. The van der Waals surface area contributed by atoms with Crippen molar-refractivity contribution in [2.75, 3.05) is 13.2 Å². The Hall–Kier alpha value is -3.67. The van der Waals surface area contributed by atoms with Crippen LogP contribution >= 0.6 is 0 Å². The van der Waals surface area contributed by atoms with E-state index in [2.05, 4.69) is 118 Å². The van der Waals surface area contributed by atoms with Crippen molar-refractivity contribution >= 4 is 17.9 Å². The third-order valence-corrected chi connectivity index (χ3v) is 10.5. The zero-order chi connectivity index (χ0) is 45.8. The molecule has 0 fully saturated rings. The van der Waals surface area contributed by atoms with Crippen LogP contribution < -0.4 is 0 Å². The molecule has 0 aromatic carbocycles. The Kier molecular flexibility index (Phi) is 48.0. The first-order valence-electron chi connectivity index (χ1n) is 25.7. The number of allylic oxidation sites excluding steroid dienone is 16. The normalized spacial score (nSPS) is 12.9. The van der Waals surface area contributed by atoms with E-state index in [4.69, 9.17) is 14.2 Å². The summed E-state index contributed by atoms with van der Waals surface area (Å²) in [6.07, 6.45) is 66.7. The lowest BCUT2D eigenvalue weighted by Gasteiger charge is -2.18. The molecule has 0 unspecified atom stereocenters. The van der Waals surface area contributed by atoms with E-state index < -0.39 is 6.10 Å². The van der Waals surface area contributed by atoms with Crippen LogP contribution in [0.4, 0.5) is 0 Å². The van der Waals surface area contributed by atoms with Crippen LogP contribution in [-0.4, -0.2) is 37.2 Å². The molecular formula is C57H94O6. The van der Waals surface area contributed by atoms with Crippen LogP contribution in [0.2, 0.25) is 0 Å².